The van der Waals surface area contributed by atoms with Gasteiger partial charge in [-0.3, -0.25) is 19.7 Å². The fourth-order valence-electron chi connectivity index (χ4n) is 3.82. The third kappa shape index (κ3) is 4.13. The van der Waals surface area contributed by atoms with Crippen molar-refractivity contribution in [1.82, 2.24) is 4.90 Å². The van der Waals surface area contributed by atoms with E-state index in [-0.39, 0.29) is 21.5 Å². The minimum absolute atomic E-state index is 0.0756. The molecule has 2 aromatic carbocycles. The van der Waals surface area contributed by atoms with Gasteiger partial charge in [-0.1, -0.05) is 42.8 Å². The lowest BCUT2D eigenvalue weighted by Crippen LogP contribution is -2.48. The summed E-state index contributed by atoms with van der Waals surface area (Å²) in [6, 6.07) is 12.1. The Bertz CT molecular complexity index is 1200. The average molecular weight is 473 g/mol. The van der Waals surface area contributed by atoms with Crippen LogP contribution in [-0.4, -0.2) is 47.8 Å². The zero-order valence-corrected chi connectivity index (χ0v) is 18.9. The Labute approximate surface area is 193 Å². The molecule has 0 saturated carbocycles. The smallest absolute Gasteiger partial charge is 0.287 e. The fourth-order valence-corrected chi connectivity index (χ4v) is 5.31. The Kier molecular flexibility index (Phi) is 6.29. The molecule has 1 fully saturated rings. The number of nitrogens with zero attached hydrogens (tertiary/aromatic N) is 3. The maximum Gasteiger partial charge on any atom is 0.287 e. The van der Waals surface area contributed by atoms with E-state index in [2.05, 4.69) is 10.2 Å². The molecule has 32 heavy (non-hydrogen) atoms. The van der Waals surface area contributed by atoms with E-state index in [0.717, 1.165) is 17.0 Å². The van der Waals surface area contributed by atoms with Crippen molar-refractivity contribution < 1.29 is 14.5 Å². The summed E-state index contributed by atoms with van der Waals surface area (Å²) < 4.78 is 0.373. The summed E-state index contributed by atoms with van der Waals surface area (Å²) in [6.07, 6.45) is 0.487. The molecule has 3 aromatic rings. The highest BCUT2D eigenvalue weighted by atomic mass is 35.5. The molecule has 0 atom stereocenters. The number of fused-ring (bicyclic) bond motifs is 1. The van der Waals surface area contributed by atoms with E-state index in [1.807, 2.05) is 30.0 Å². The number of amides is 2. The third-order valence-electron chi connectivity index (χ3n) is 5.46. The number of benzene rings is 2. The molecular weight excluding hydrogens is 452 g/mol. The number of non-ortho nitro benzene ring substituents is 1. The van der Waals surface area contributed by atoms with Crippen LogP contribution in [0, 0.1) is 10.1 Å². The van der Waals surface area contributed by atoms with Crippen LogP contribution in [0.4, 0.5) is 17.1 Å². The highest BCUT2D eigenvalue weighted by Crippen LogP contribution is 2.40. The van der Waals surface area contributed by atoms with Crippen LogP contribution >= 0.6 is 22.9 Å². The van der Waals surface area contributed by atoms with Crippen molar-refractivity contribution in [1.29, 1.82) is 0 Å². The first kappa shape index (κ1) is 22.0. The second-order valence-electron chi connectivity index (χ2n) is 7.35. The first-order valence-corrected chi connectivity index (χ1v) is 11.4. The van der Waals surface area contributed by atoms with Gasteiger partial charge in [0.1, 0.15) is 9.58 Å². The van der Waals surface area contributed by atoms with Gasteiger partial charge < -0.3 is 15.1 Å². The fraction of sp³-hybridized carbons (Fsp3) is 0.273. The van der Waals surface area contributed by atoms with Crippen molar-refractivity contribution in [3.63, 3.8) is 0 Å². The van der Waals surface area contributed by atoms with E-state index >= 15 is 0 Å². The van der Waals surface area contributed by atoms with Crippen molar-refractivity contribution in [2.24, 2.45) is 0 Å². The minimum Gasteiger partial charge on any atom is -0.366 e. The predicted molar refractivity (Wildman–Crippen MR) is 127 cm³/mol. The molecule has 0 aliphatic carbocycles. The van der Waals surface area contributed by atoms with Crippen molar-refractivity contribution in [3.8, 4) is 0 Å². The molecule has 2 amide bonds. The molecule has 0 radical (unpaired) electrons. The van der Waals surface area contributed by atoms with E-state index in [0.29, 0.717) is 48.4 Å². The van der Waals surface area contributed by atoms with Crippen molar-refractivity contribution in [2.75, 3.05) is 36.4 Å². The zero-order chi connectivity index (χ0) is 22.8. The van der Waals surface area contributed by atoms with E-state index < -0.39 is 10.8 Å². The molecule has 8 nitrogen and oxygen atoms in total. The molecule has 2 heterocycles. The van der Waals surface area contributed by atoms with Crippen molar-refractivity contribution in [2.45, 2.75) is 13.3 Å². The Morgan fingerprint density at radius 3 is 2.53 bits per heavy atom. The highest BCUT2D eigenvalue weighted by Gasteiger charge is 2.25. The van der Waals surface area contributed by atoms with Crippen LogP contribution in [0.15, 0.2) is 42.5 Å². The number of nitro benzene ring substituents is 1. The molecule has 0 bridgehead atoms. The molecule has 1 aromatic heterocycles. The molecule has 10 heteroatoms. The summed E-state index contributed by atoms with van der Waals surface area (Å²) in [5, 5.41) is 14.9. The SMILES string of the molecule is CCC(=O)N1CCN(c2ccccc2NC(=O)c2sc3c([N+](=O)[O-])cccc3c2Cl)CC1. The van der Waals surface area contributed by atoms with Gasteiger partial charge in [0, 0.05) is 44.1 Å². The topological polar surface area (TPSA) is 95.8 Å². The number of rotatable bonds is 5. The first-order chi connectivity index (χ1) is 15.4. The lowest BCUT2D eigenvalue weighted by atomic mass is 10.2. The summed E-state index contributed by atoms with van der Waals surface area (Å²) in [4.78, 5) is 40.1. The first-order valence-electron chi connectivity index (χ1n) is 10.2. The third-order valence-corrected chi connectivity index (χ3v) is 7.20. The van der Waals surface area contributed by atoms with E-state index in [9.17, 15) is 19.7 Å². The van der Waals surface area contributed by atoms with Gasteiger partial charge in [0.2, 0.25) is 5.91 Å². The summed E-state index contributed by atoms with van der Waals surface area (Å²) in [5.74, 6) is -0.280. The summed E-state index contributed by atoms with van der Waals surface area (Å²) in [6.45, 7) is 4.43. The molecule has 166 valence electrons. The number of hydrogen-bond donors (Lipinski definition) is 1. The summed E-state index contributed by atoms with van der Waals surface area (Å²) >= 11 is 7.43. The summed E-state index contributed by atoms with van der Waals surface area (Å²) in [5.41, 5.74) is 1.40. The molecular formula is C22H21ClN4O4S. The lowest BCUT2D eigenvalue weighted by molar-refractivity contribution is -0.382. The van der Waals surface area contributed by atoms with Crippen LogP contribution in [0.3, 0.4) is 0 Å². The number of carbonyl (C=O) groups is 2. The number of hydrogen-bond acceptors (Lipinski definition) is 6. The van der Waals surface area contributed by atoms with E-state index in [4.69, 9.17) is 11.6 Å². The highest BCUT2D eigenvalue weighted by molar-refractivity contribution is 7.22. The van der Waals surface area contributed by atoms with Crippen LogP contribution in [-0.2, 0) is 4.79 Å². The van der Waals surface area contributed by atoms with Gasteiger partial charge in [0.25, 0.3) is 11.6 Å². The Hall–Kier alpha value is -3.17. The molecule has 0 unspecified atom stereocenters. The second kappa shape index (κ2) is 9.13. The van der Waals surface area contributed by atoms with Crippen LogP contribution in [0.1, 0.15) is 23.0 Å². The standard InChI is InChI=1S/C22H21ClN4O4S/c1-2-18(28)26-12-10-25(11-13-26)16-8-4-3-7-15(16)24-22(29)21-19(23)14-6-5-9-17(27(30)31)20(14)32-21/h3-9H,2,10-13H2,1H3,(H,24,29). The van der Waals surface area contributed by atoms with Gasteiger partial charge in [-0.05, 0) is 12.1 Å². The number of piperazine rings is 1. The van der Waals surface area contributed by atoms with Gasteiger partial charge in [-0.25, -0.2) is 0 Å². The number of para-hydroxylation sites is 2. The number of nitrogens with one attached hydrogen (secondary N) is 1. The van der Waals surface area contributed by atoms with E-state index in [1.54, 1.807) is 18.2 Å². The van der Waals surface area contributed by atoms with Gasteiger partial charge in [-0.2, -0.15) is 0 Å². The number of nitro groups is 1. The largest absolute Gasteiger partial charge is 0.366 e. The van der Waals surface area contributed by atoms with Gasteiger partial charge in [0.15, 0.2) is 0 Å². The van der Waals surface area contributed by atoms with Gasteiger partial charge in [-0.15, -0.1) is 11.3 Å². The Balaban J connectivity index is 1.58. The normalized spacial score (nSPS) is 13.9. The molecule has 1 N–H and O–H groups in total. The maximum atomic E-state index is 13.1. The molecule has 4 rings (SSSR count). The second-order valence-corrected chi connectivity index (χ2v) is 8.75. The molecule has 1 aliphatic heterocycles. The van der Waals surface area contributed by atoms with E-state index in [1.165, 1.54) is 6.07 Å². The van der Waals surface area contributed by atoms with Crippen LogP contribution in [0.25, 0.3) is 10.1 Å². The summed E-state index contributed by atoms with van der Waals surface area (Å²) in [7, 11) is 0. The Morgan fingerprint density at radius 1 is 1.12 bits per heavy atom. The number of halogens is 1. The lowest BCUT2D eigenvalue weighted by Gasteiger charge is -2.36. The van der Waals surface area contributed by atoms with Crippen LogP contribution in [0.5, 0.6) is 0 Å². The zero-order valence-electron chi connectivity index (χ0n) is 17.3. The van der Waals surface area contributed by atoms with Crippen molar-refractivity contribution >= 4 is 61.9 Å². The van der Waals surface area contributed by atoms with Crippen molar-refractivity contribution in [3.05, 3.63) is 62.5 Å². The Morgan fingerprint density at radius 2 is 1.84 bits per heavy atom. The quantitative estimate of drug-likeness (QED) is 0.426. The molecule has 1 saturated heterocycles. The van der Waals surface area contributed by atoms with Gasteiger partial charge >= 0.3 is 0 Å². The predicted octanol–water partition coefficient (Wildman–Crippen LogP) is 4.77. The number of anilines is 2. The van der Waals surface area contributed by atoms with Crippen LogP contribution in [0.2, 0.25) is 5.02 Å². The van der Waals surface area contributed by atoms with Gasteiger partial charge in [0.05, 0.1) is 21.3 Å². The number of thiophene rings is 1. The van der Waals surface area contributed by atoms with Crippen LogP contribution < -0.4 is 10.2 Å². The average Bonchev–Trinajstić information content (AvgIpc) is 3.15. The molecule has 1 aliphatic rings. The maximum absolute atomic E-state index is 13.1. The molecule has 0 spiro atoms. The minimum atomic E-state index is -0.477. The number of carbonyl (C=O) groups excluding carboxylic acids is 2. The monoisotopic (exact) mass is 472 g/mol.